The van der Waals surface area contributed by atoms with Crippen LogP contribution in [0.15, 0.2) is 60.7 Å². The van der Waals surface area contributed by atoms with Gasteiger partial charge in [0.1, 0.15) is 12.2 Å². The first-order valence-electron chi connectivity index (χ1n) is 44.8. The van der Waals surface area contributed by atoms with Gasteiger partial charge in [-0.15, -0.1) is 0 Å². The van der Waals surface area contributed by atoms with E-state index in [1.807, 2.05) is 12.1 Å². The number of hydrogen-bond donors (Lipinski definition) is 3. The Morgan fingerprint density at radius 1 is 0.364 bits per heavy atom. The van der Waals surface area contributed by atoms with E-state index >= 15 is 0 Å². The SMILES string of the molecule is CCCCCCCCCCCCS(=O)(=O)N[C@@H](CO)COCC[C@@H](CCCCCCC)OC(=O)CCCCCCCCCCC.CCCCCCCCCCCCS(=O)(=O)N[C@H](COCC[C@@H](CCCCCCC)OC(=O)CCCCCCCCCCC)CO[Si](c1ccccc1)(c1ccccc1)C(C)(C)C. The first-order valence-corrected chi connectivity index (χ1v) is 50.0. The molecule has 0 spiro atoms. The number of rotatable bonds is 76. The lowest BCUT2D eigenvalue weighted by Crippen LogP contribution is -2.67. The molecule has 0 radical (unpaired) electrons. The molecule has 0 saturated heterocycles. The number of carbonyl (C=O) groups is 2. The fourth-order valence-electron chi connectivity index (χ4n) is 14.4. The number of sulfonamides is 2. The van der Waals surface area contributed by atoms with Gasteiger partial charge in [-0.1, -0.05) is 393 Å². The van der Waals surface area contributed by atoms with Gasteiger partial charge in [0.25, 0.3) is 8.32 Å². The molecule has 3 N–H and O–H groups in total. The maximum Gasteiger partial charge on any atom is 0.306 e. The van der Waals surface area contributed by atoms with Crippen LogP contribution in [0.3, 0.4) is 0 Å². The summed E-state index contributed by atoms with van der Waals surface area (Å²) < 4.78 is 89.5. The van der Waals surface area contributed by atoms with Crippen molar-refractivity contribution in [3.05, 3.63) is 60.7 Å². The van der Waals surface area contributed by atoms with Crippen molar-refractivity contribution in [2.24, 2.45) is 0 Å². The second-order valence-electron chi connectivity index (χ2n) is 32.3. The minimum absolute atomic E-state index is 0.0784. The van der Waals surface area contributed by atoms with E-state index in [0.29, 0.717) is 51.7 Å². The van der Waals surface area contributed by atoms with Gasteiger partial charge < -0.3 is 28.5 Å². The molecule has 2 aromatic carbocycles. The van der Waals surface area contributed by atoms with Gasteiger partial charge in [0.2, 0.25) is 20.0 Å². The minimum Gasteiger partial charge on any atom is -0.462 e. The lowest BCUT2D eigenvalue weighted by atomic mass is 10.1. The molecule has 2 aromatic rings. The smallest absolute Gasteiger partial charge is 0.306 e. The second kappa shape index (κ2) is 69.9. The highest BCUT2D eigenvalue weighted by Gasteiger charge is 2.50. The van der Waals surface area contributed by atoms with Crippen LogP contribution >= 0.6 is 0 Å². The van der Waals surface area contributed by atoms with E-state index in [4.69, 9.17) is 23.4 Å². The van der Waals surface area contributed by atoms with Crippen LogP contribution in [-0.2, 0) is 53.0 Å². The summed E-state index contributed by atoms with van der Waals surface area (Å²) in [5.41, 5.74) is 0. The molecule has 0 unspecified atom stereocenters. The van der Waals surface area contributed by atoms with Gasteiger partial charge in [0, 0.05) is 25.7 Å². The van der Waals surface area contributed by atoms with Gasteiger partial charge in [-0.2, -0.15) is 0 Å². The molecule has 0 aromatic heterocycles. The summed E-state index contributed by atoms with van der Waals surface area (Å²) >= 11 is 0. The Kier molecular flexibility index (Phi) is 66.8. The third kappa shape index (κ3) is 57.0. The van der Waals surface area contributed by atoms with Gasteiger partial charge >= 0.3 is 11.9 Å². The van der Waals surface area contributed by atoms with Gasteiger partial charge in [-0.3, -0.25) is 9.59 Å². The fraction of sp³-hybridized carbons (Fsp3) is 0.844. The molecular formula is C90H168N2O12S2Si. The summed E-state index contributed by atoms with van der Waals surface area (Å²) in [6.45, 7) is 21.0. The summed E-state index contributed by atoms with van der Waals surface area (Å²) in [5.74, 6) is -0.0595. The summed E-state index contributed by atoms with van der Waals surface area (Å²) in [6.07, 6.45) is 59.7. The quantitative estimate of drug-likeness (QED) is 0.0323. The molecule has 4 atom stereocenters. The average Bonchev–Trinajstić information content (AvgIpc) is 0.748. The molecule has 0 aliphatic carbocycles. The number of nitrogens with one attached hydrogen (secondary N) is 2. The molecule has 0 fully saturated rings. The highest BCUT2D eigenvalue weighted by Crippen LogP contribution is 2.37. The van der Waals surface area contributed by atoms with Crippen molar-refractivity contribution < 1.29 is 54.9 Å². The number of ether oxygens (including phenoxy) is 4. The summed E-state index contributed by atoms with van der Waals surface area (Å²) in [7, 11) is -9.99. The Labute approximate surface area is 661 Å². The Balaban J connectivity index is 0.00000113. The number of esters is 2. The molecule has 107 heavy (non-hydrogen) atoms. The standard InChI is InChI=1S/C53H93NO6SSi.C37H75NO6S/c1-7-10-13-16-18-20-22-24-27-36-45-61(56,57)54-48(47-59-62(53(4,5)6,50-38-31-28-32-39-50)51-40-33-29-34-41-51)46-58-44-43-49(37-30-25-15-12-9-3)60-52(55)42-35-26-23-21-19-17-14-11-8-2;1-4-7-10-13-15-17-19-21-24-27-32-45(41,42)38-35(33-39)34-43-31-30-36(28-25-22-12-9-6-3)44-37(40)29-26-23-20-18-16-14-11-8-5-2/h28-29,31-34,38-41,48-49,54H,7-27,30,35-37,42-47H2,1-6H3;35-36,38-39H,4-34H2,1-3H3/t48-,49-;35-,36+/m10/s1. The summed E-state index contributed by atoms with van der Waals surface area (Å²) in [4.78, 5) is 25.6. The number of hydrogen-bond acceptors (Lipinski definition) is 12. The van der Waals surface area contributed by atoms with Gasteiger partial charge in [0.15, 0.2) is 0 Å². The van der Waals surface area contributed by atoms with E-state index in [1.165, 1.54) is 212 Å². The Hall–Kier alpha value is -2.74. The molecule has 0 bridgehead atoms. The van der Waals surface area contributed by atoms with E-state index < -0.39 is 40.4 Å². The fourth-order valence-corrected chi connectivity index (χ4v) is 21.7. The van der Waals surface area contributed by atoms with Gasteiger partial charge in [0.05, 0.1) is 63.2 Å². The molecule has 0 amide bonds. The molecule has 0 aliphatic rings. The predicted molar refractivity (Wildman–Crippen MR) is 457 cm³/mol. The molecule has 2 rings (SSSR count). The van der Waals surface area contributed by atoms with E-state index in [0.717, 1.165) is 107 Å². The van der Waals surface area contributed by atoms with Crippen LogP contribution < -0.4 is 19.8 Å². The van der Waals surface area contributed by atoms with Gasteiger partial charge in [-0.25, -0.2) is 26.3 Å². The highest BCUT2D eigenvalue weighted by atomic mass is 32.2. The molecule has 0 saturated carbocycles. The monoisotopic (exact) mass is 1560 g/mol. The zero-order chi connectivity index (χ0) is 78.5. The maximum atomic E-state index is 13.7. The van der Waals surface area contributed by atoms with Crippen molar-refractivity contribution in [2.45, 2.75) is 438 Å². The van der Waals surface area contributed by atoms with Crippen molar-refractivity contribution in [1.82, 2.24) is 9.44 Å². The largest absolute Gasteiger partial charge is 0.462 e. The number of carbonyl (C=O) groups excluding carboxylic acids is 2. The van der Waals surface area contributed by atoms with Crippen molar-refractivity contribution in [1.29, 1.82) is 0 Å². The topological polar surface area (TPSA) is 193 Å². The normalized spacial score (nSPS) is 13.3. The van der Waals surface area contributed by atoms with E-state index in [9.17, 15) is 31.5 Å². The minimum atomic E-state index is -3.59. The number of benzene rings is 2. The third-order valence-corrected chi connectivity index (χ3v) is 29.0. The van der Waals surface area contributed by atoms with E-state index in [-0.39, 0.29) is 67.1 Å². The zero-order valence-electron chi connectivity index (χ0n) is 70.7. The highest BCUT2D eigenvalue weighted by molar-refractivity contribution is 7.89. The van der Waals surface area contributed by atoms with Crippen LogP contribution in [0.25, 0.3) is 0 Å². The van der Waals surface area contributed by atoms with Crippen LogP contribution in [-0.4, -0.2) is 118 Å². The number of unbranched alkanes of at least 4 members (excludes halogenated alkanes) is 42. The van der Waals surface area contributed by atoms with Crippen LogP contribution in [0, 0.1) is 0 Å². The zero-order valence-corrected chi connectivity index (χ0v) is 73.3. The molecule has 0 aliphatic heterocycles. The van der Waals surface area contributed by atoms with Crippen molar-refractivity contribution >= 4 is 50.7 Å². The Bertz CT molecular complexity index is 2490. The Morgan fingerprint density at radius 3 is 0.935 bits per heavy atom. The van der Waals surface area contributed by atoms with Crippen molar-refractivity contribution in [3.8, 4) is 0 Å². The molecule has 17 heteroatoms. The first kappa shape index (κ1) is 102. The van der Waals surface area contributed by atoms with E-state index in [2.05, 4.69) is 120 Å². The molecule has 14 nitrogen and oxygen atoms in total. The van der Waals surface area contributed by atoms with Crippen molar-refractivity contribution in [2.75, 3.05) is 51.1 Å². The van der Waals surface area contributed by atoms with Gasteiger partial charge in [-0.05, 0) is 66.8 Å². The summed E-state index contributed by atoms with van der Waals surface area (Å²) in [6, 6.07) is 19.7. The average molecular weight is 1560 g/mol. The molecule has 0 heterocycles. The van der Waals surface area contributed by atoms with E-state index in [1.54, 1.807) is 0 Å². The van der Waals surface area contributed by atoms with Crippen LogP contribution in [0.1, 0.15) is 409 Å². The van der Waals surface area contributed by atoms with Crippen LogP contribution in [0.4, 0.5) is 0 Å². The lowest BCUT2D eigenvalue weighted by molar-refractivity contribution is -0.151. The summed E-state index contributed by atoms with van der Waals surface area (Å²) in [5, 5.41) is 11.8. The van der Waals surface area contributed by atoms with Crippen LogP contribution in [0.5, 0.6) is 0 Å². The first-order chi connectivity index (χ1) is 51.9. The number of aliphatic hydroxyl groups excluding tert-OH is 1. The number of aliphatic hydroxyl groups is 1. The Morgan fingerprint density at radius 2 is 0.636 bits per heavy atom. The van der Waals surface area contributed by atoms with Crippen molar-refractivity contribution in [3.63, 3.8) is 0 Å². The molecular weight excluding hydrogens is 1390 g/mol. The van der Waals surface area contributed by atoms with Crippen LogP contribution in [0.2, 0.25) is 5.04 Å². The third-order valence-electron chi connectivity index (χ3n) is 21.0. The lowest BCUT2D eigenvalue weighted by Gasteiger charge is -2.43. The maximum absolute atomic E-state index is 13.7. The predicted octanol–water partition coefficient (Wildman–Crippen LogP) is 23.2. The second-order valence-corrected chi connectivity index (χ2v) is 40.4. The molecule has 626 valence electrons.